The Morgan fingerprint density at radius 2 is 2.05 bits per heavy atom. The van der Waals surface area contributed by atoms with E-state index in [0.717, 1.165) is 30.0 Å². The summed E-state index contributed by atoms with van der Waals surface area (Å²) in [5.41, 5.74) is 2.23. The Morgan fingerprint density at radius 1 is 1.26 bits per heavy atom. The zero-order valence-electron chi connectivity index (χ0n) is 11.5. The molecule has 4 nitrogen and oxygen atoms in total. The van der Waals surface area contributed by atoms with Crippen LogP contribution < -0.4 is 10.1 Å². The van der Waals surface area contributed by atoms with Crippen molar-refractivity contribution < 1.29 is 9.26 Å². The number of benzene rings is 1. The minimum Gasteiger partial charge on any atom is -0.486 e. The number of nitrogens with zero attached hydrogens (tertiary/aromatic N) is 1. The molecule has 1 aromatic carbocycles. The fourth-order valence-corrected chi connectivity index (χ4v) is 1.88. The van der Waals surface area contributed by atoms with E-state index in [1.807, 2.05) is 25.2 Å². The van der Waals surface area contributed by atoms with E-state index in [1.165, 1.54) is 5.56 Å². The summed E-state index contributed by atoms with van der Waals surface area (Å²) in [5, 5.41) is 6.97. The Hall–Kier alpha value is -1.81. The molecule has 0 amide bonds. The van der Waals surface area contributed by atoms with Crippen molar-refractivity contribution in [2.75, 3.05) is 7.05 Å². The lowest BCUT2D eigenvalue weighted by Gasteiger charge is -2.04. The van der Waals surface area contributed by atoms with E-state index in [0.29, 0.717) is 13.2 Å². The number of ether oxygens (including phenoxy) is 1. The maximum absolute atomic E-state index is 5.66. The van der Waals surface area contributed by atoms with Gasteiger partial charge in [-0.15, -0.1) is 0 Å². The Bertz CT molecular complexity index is 491. The first-order valence-electron chi connectivity index (χ1n) is 6.62. The molecule has 0 atom stereocenters. The SMILES string of the molecule is CCCc1ccc(OCc2cc(CNC)no2)cc1. The maximum Gasteiger partial charge on any atom is 0.174 e. The van der Waals surface area contributed by atoms with Gasteiger partial charge >= 0.3 is 0 Å². The predicted octanol–water partition coefficient (Wildman–Crippen LogP) is 2.93. The Morgan fingerprint density at radius 3 is 2.74 bits per heavy atom. The molecular weight excluding hydrogens is 240 g/mol. The van der Waals surface area contributed by atoms with Gasteiger partial charge in [-0.25, -0.2) is 0 Å². The smallest absolute Gasteiger partial charge is 0.174 e. The summed E-state index contributed by atoms with van der Waals surface area (Å²) >= 11 is 0. The van der Waals surface area contributed by atoms with Gasteiger partial charge in [-0.2, -0.15) is 0 Å². The van der Waals surface area contributed by atoms with Crippen molar-refractivity contribution in [1.82, 2.24) is 10.5 Å². The quantitative estimate of drug-likeness (QED) is 0.831. The first kappa shape index (κ1) is 13.6. The average molecular weight is 260 g/mol. The van der Waals surface area contributed by atoms with Crippen LogP contribution in [0.25, 0.3) is 0 Å². The van der Waals surface area contributed by atoms with E-state index in [1.54, 1.807) is 0 Å². The van der Waals surface area contributed by atoms with Gasteiger partial charge in [-0.3, -0.25) is 0 Å². The second kappa shape index (κ2) is 6.95. The van der Waals surface area contributed by atoms with Crippen LogP contribution >= 0.6 is 0 Å². The van der Waals surface area contributed by atoms with Crippen molar-refractivity contribution >= 4 is 0 Å². The molecular formula is C15H20N2O2. The molecule has 0 bridgehead atoms. The van der Waals surface area contributed by atoms with Crippen LogP contribution in [0.1, 0.15) is 30.4 Å². The van der Waals surface area contributed by atoms with Gasteiger partial charge in [-0.05, 0) is 31.2 Å². The molecule has 0 radical (unpaired) electrons. The molecule has 0 unspecified atom stereocenters. The first-order valence-corrected chi connectivity index (χ1v) is 6.62. The van der Waals surface area contributed by atoms with Gasteiger partial charge in [0.05, 0.1) is 5.69 Å². The normalized spacial score (nSPS) is 10.6. The lowest BCUT2D eigenvalue weighted by Crippen LogP contribution is -2.04. The summed E-state index contributed by atoms with van der Waals surface area (Å²) in [6, 6.07) is 10.1. The highest BCUT2D eigenvalue weighted by Crippen LogP contribution is 2.15. The number of aryl methyl sites for hydroxylation is 1. The highest BCUT2D eigenvalue weighted by Gasteiger charge is 2.04. The maximum atomic E-state index is 5.66. The molecule has 1 aromatic heterocycles. The van der Waals surface area contributed by atoms with Crippen LogP contribution in [0.3, 0.4) is 0 Å². The molecule has 0 fully saturated rings. The molecule has 0 spiro atoms. The van der Waals surface area contributed by atoms with E-state index < -0.39 is 0 Å². The summed E-state index contributed by atoms with van der Waals surface area (Å²) in [7, 11) is 1.88. The van der Waals surface area contributed by atoms with Gasteiger partial charge in [0.1, 0.15) is 12.4 Å². The van der Waals surface area contributed by atoms with E-state index in [-0.39, 0.29) is 0 Å². The van der Waals surface area contributed by atoms with Crippen molar-refractivity contribution in [2.45, 2.75) is 32.9 Å². The minimum absolute atomic E-state index is 0.407. The van der Waals surface area contributed by atoms with Crippen LogP contribution in [-0.4, -0.2) is 12.2 Å². The topological polar surface area (TPSA) is 47.3 Å². The first-order chi connectivity index (χ1) is 9.31. The van der Waals surface area contributed by atoms with E-state index in [2.05, 4.69) is 29.5 Å². The third kappa shape index (κ3) is 4.10. The lowest BCUT2D eigenvalue weighted by molar-refractivity contribution is 0.248. The Labute approximate surface area is 113 Å². The van der Waals surface area contributed by atoms with Gasteiger partial charge in [0, 0.05) is 12.6 Å². The van der Waals surface area contributed by atoms with Crippen LogP contribution in [0.15, 0.2) is 34.9 Å². The lowest BCUT2D eigenvalue weighted by atomic mass is 10.1. The molecule has 0 saturated heterocycles. The number of aromatic nitrogens is 1. The third-order valence-electron chi connectivity index (χ3n) is 2.81. The molecule has 2 aromatic rings. The van der Waals surface area contributed by atoms with E-state index in [4.69, 9.17) is 9.26 Å². The monoisotopic (exact) mass is 260 g/mol. The summed E-state index contributed by atoms with van der Waals surface area (Å²) in [4.78, 5) is 0. The Balaban J connectivity index is 1.86. The fourth-order valence-electron chi connectivity index (χ4n) is 1.88. The molecule has 19 heavy (non-hydrogen) atoms. The highest BCUT2D eigenvalue weighted by atomic mass is 16.5. The van der Waals surface area contributed by atoms with E-state index in [9.17, 15) is 0 Å². The molecule has 0 aliphatic rings. The molecule has 102 valence electrons. The predicted molar refractivity (Wildman–Crippen MR) is 74.0 cm³/mol. The van der Waals surface area contributed by atoms with Crippen LogP contribution in [0, 0.1) is 0 Å². The molecule has 4 heteroatoms. The van der Waals surface area contributed by atoms with Gasteiger partial charge in [-0.1, -0.05) is 30.6 Å². The number of hydrogen-bond acceptors (Lipinski definition) is 4. The van der Waals surface area contributed by atoms with Crippen LogP contribution in [0.5, 0.6) is 5.75 Å². The Kier molecular flexibility index (Phi) is 4.98. The van der Waals surface area contributed by atoms with Crippen LogP contribution in [0.2, 0.25) is 0 Å². The second-order valence-corrected chi connectivity index (χ2v) is 4.50. The minimum atomic E-state index is 0.407. The van der Waals surface area contributed by atoms with Crippen molar-refractivity contribution in [3.63, 3.8) is 0 Å². The molecule has 0 aliphatic heterocycles. The average Bonchev–Trinajstić information content (AvgIpc) is 2.87. The van der Waals surface area contributed by atoms with Crippen LogP contribution in [-0.2, 0) is 19.6 Å². The second-order valence-electron chi connectivity index (χ2n) is 4.50. The summed E-state index contributed by atoms with van der Waals surface area (Å²) in [5.74, 6) is 1.59. The standard InChI is InChI=1S/C15H20N2O2/c1-3-4-12-5-7-14(8-6-12)18-11-15-9-13(10-16-2)17-19-15/h5-9,16H,3-4,10-11H2,1-2H3. The fraction of sp³-hybridized carbons (Fsp3) is 0.400. The van der Waals surface area contributed by atoms with Crippen LogP contribution in [0.4, 0.5) is 0 Å². The summed E-state index contributed by atoms with van der Waals surface area (Å²) < 4.78 is 10.8. The zero-order chi connectivity index (χ0) is 13.5. The van der Waals surface area contributed by atoms with E-state index >= 15 is 0 Å². The number of nitrogens with one attached hydrogen (secondary N) is 1. The number of hydrogen-bond donors (Lipinski definition) is 1. The molecule has 0 saturated carbocycles. The largest absolute Gasteiger partial charge is 0.486 e. The molecule has 1 N–H and O–H groups in total. The summed E-state index contributed by atoms with van der Waals surface area (Å²) in [6.07, 6.45) is 2.27. The number of rotatable bonds is 7. The third-order valence-corrected chi connectivity index (χ3v) is 2.81. The van der Waals surface area contributed by atoms with Crippen molar-refractivity contribution in [3.05, 3.63) is 47.3 Å². The van der Waals surface area contributed by atoms with Gasteiger partial charge < -0.3 is 14.6 Å². The highest BCUT2D eigenvalue weighted by molar-refractivity contribution is 5.27. The van der Waals surface area contributed by atoms with Crippen molar-refractivity contribution in [1.29, 1.82) is 0 Å². The molecule has 2 rings (SSSR count). The van der Waals surface area contributed by atoms with Gasteiger partial charge in [0.25, 0.3) is 0 Å². The molecule has 1 heterocycles. The zero-order valence-corrected chi connectivity index (χ0v) is 11.5. The van der Waals surface area contributed by atoms with Gasteiger partial charge in [0.2, 0.25) is 0 Å². The van der Waals surface area contributed by atoms with Crippen molar-refractivity contribution in [2.24, 2.45) is 0 Å². The summed E-state index contributed by atoms with van der Waals surface area (Å²) in [6.45, 7) is 3.29. The van der Waals surface area contributed by atoms with Crippen molar-refractivity contribution in [3.8, 4) is 5.75 Å². The van der Waals surface area contributed by atoms with Gasteiger partial charge in [0.15, 0.2) is 5.76 Å². The molecule has 0 aliphatic carbocycles.